The van der Waals surface area contributed by atoms with E-state index >= 15 is 0 Å². The van der Waals surface area contributed by atoms with Gasteiger partial charge in [0.2, 0.25) is 5.91 Å². The van der Waals surface area contributed by atoms with E-state index in [1.807, 2.05) is 0 Å². The number of nitrogens with one attached hydrogen (secondary N) is 2. The van der Waals surface area contributed by atoms with Gasteiger partial charge in [0.25, 0.3) is 0 Å². The fourth-order valence-electron chi connectivity index (χ4n) is 1.48. The van der Waals surface area contributed by atoms with Crippen LogP contribution in [0.25, 0.3) is 0 Å². The normalized spacial score (nSPS) is 25.2. The molecule has 1 rings (SSSR count). The summed E-state index contributed by atoms with van der Waals surface area (Å²) in [7, 11) is 0. The minimum Gasteiger partial charge on any atom is -0.353 e. The molecular formula is C9H19N3O. The molecule has 1 heterocycles. The molecule has 4 N–H and O–H groups in total. The number of hydrogen-bond acceptors (Lipinski definition) is 3. The zero-order valence-electron chi connectivity index (χ0n) is 8.18. The van der Waals surface area contributed by atoms with Crippen molar-refractivity contribution in [1.29, 1.82) is 0 Å². The Bertz CT molecular complexity index is 164. The summed E-state index contributed by atoms with van der Waals surface area (Å²) >= 11 is 0. The van der Waals surface area contributed by atoms with Crippen LogP contribution in [-0.4, -0.2) is 31.1 Å². The summed E-state index contributed by atoms with van der Waals surface area (Å²) < 4.78 is 0. The Balaban J connectivity index is 2.13. The summed E-state index contributed by atoms with van der Waals surface area (Å²) in [5.41, 5.74) is 5.42. The Labute approximate surface area is 79.3 Å². The minimum atomic E-state index is -0.399. The minimum absolute atomic E-state index is 0.0626. The summed E-state index contributed by atoms with van der Waals surface area (Å²) in [5, 5.41) is 6.18. The SMILES string of the molecule is CC(N)C(=O)NCC1CCCCN1. The van der Waals surface area contributed by atoms with Gasteiger partial charge >= 0.3 is 0 Å². The molecule has 0 aromatic carbocycles. The zero-order chi connectivity index (χ0) is 9.68. The third-order valence-corrected chi connectivity index (χ3v) is 2.35. The molecule has 1 amide bonds. The highest BCUT2D eigenvalue weighted by atomic mass is 16.2. The van der Waals surface area contributed by atoms with E-state index in [4.69, 9.17) is 5.73 Å². The van der Waals surface area contributed by atoms with Gasteiger partial charge in [-0.1, -0.05) is 6.42 Å². The summed E-state index contributed by atoms with van der Waals surface area (Å²) in [5.74, 6) is -0.0626. The van der Waals surface area contributed by atoms with E-state index in [0.29, 0.717) is 12.6 Å². The van der Waals surface area contributed by atoms with Crippen LogP contribution < -0.4 is 16.4 Å². The van der Waals surface area contributed by atoms with E-state index in [1.54, 1.807) is 6.92 Å². The summed E-state index contributed by atoms with van der Waals surface area (Å²) in [4.78, 5) is 11.1. The van der Waals surface area contributed by atoms with Gasteiger partial charge in [-0.15, -0.1) is 0 Å². The van der Waals surface area contributed by atoms with Crippen LogP contribution in [0.5, 0.6) is 0 Å². The Kier molecular flexibility index (Phi) is 4.18. The third kappa shape index (κ3) is 3.74. The van der Waals surface area contributed by atoms with Gasteiger partial charge in [0, 0.05) is 12.6 Å². The molecule has 0 aromatic rings. The zero-order valence-corrected chi connectivity index (χ0v) is 8.18. The molecule has 1 saturated heterocycles. The Hall–Kier alpha value is -0.610. The molecular weight excluding hydrogens is 166 g/mol. The van der Waals surface area contributed by atoms with Crippen molar-refractivity contribution in [2.45, 2.75) is 38.3 Å². The monoisotopic (exact) mass is 185 g/mol. The Morgan fingerprint density at radius 3 is 3.00 bits per heavy atom. The van der Waals surface area contributed by atoms with Crippen LogP contribution in [0.15, 0.2) is 0 Å². The van der Waals surface area contributed by atoms with E-state index in [9.17, 15) is 4.79 Å². The van der Waals surface area contributed by atoms with E-state index in [2.05, 4.69) is 10.6 Å². The van der Waals surface area contributed by atoms with Gasteiger partial charge in [-0.05, 0) is 26.3 Å². The van der Waals surface area contributed by atoms with Crippen LogP contribution in [0.1, 0.15) is 26.2 Å². The molecule has 76 valence electrons. The second-order valence-electron chi connectivity index (χ2n) is 3.68. The van der Waals surface area contributed by atoms with Crippen molar-refractivity contribution in [1.82, 2.24) is 10.6 Å². The van der Waals surface area contributed by atoms with Crippen LogP contribution in [-0.2, 0) is 4.79 Å². The summed E-state index contributed by atoms with van der Waals surface area (Å²) in [6.45, 7) is 3.47. The molecule has 1 aliphatic rings. The van der Waals surface area contributed by atoms with Gasteiger partial charge in [-0.3, -0.25) is 4.79 Å². The molecule has 1 aliphatic heterocycles. The number of carbonyl (C=O) groups excluding carboxylic acids is 1. The van der Waals surface area contributed by atoms with Gasteiger partial charge in [-0.25, -0.2) is 0 Å². The number of rotatable bonds is 3. The second kappa shape index (κ2) is 5.19. The first-order chi connectivity index (χ1) is 6.20. The lowest BCUT2D eigenvalue weighted by Gasteiger charge is -2.23. The topological polar surface area (TPSA) is 67.2 Å². The number of piperidine rings is 1. The third-order valence-electron chi connectivity index (χ3n) is 2.35. The standard InChI is InChI=1S/C9H19N3O/c1-7(10)9(13)12-6-8-4-2-3-5-11-8/h7-8,11H,2-6,10H2,1H3,(H,12,13). The molecule has 0 spiro atoms. The highest BCUT2D eigenvalue weighted by Gasteiger charge is 2.14. The number of hydrogen-bond donors (Lipinski definition) is 3. The van der Waals surface area contributed by atoms with E-state index < -0.39 is 6.04 Å². The largest absolute Gasteiger partial charge is 0.353 e. The van der Waals surface area contributed by atoms with Crippen LogP contribution >= 0.6 is 0 Å². The molecule has 4 nitrogen and oxygen atoms in total. The fraction of sp³-hybridized carbons (Fsp3) is 0.889. The first kappa shape index (κ1) is 10.5. The van der Waals surface area contributed by atoms with E-state index in [1.165, 1.54) is 12.8 Å². The molecule has 4 heteroatoms. The molecule has 0 aromatic heterocycles. The molecule has 2 unspecified atom stereocenters. The second-order valence-corrected chi connectivity index (χ2v) is 3.68. The summed E-state index contributed by atoms with van der Waals surface area (Å²) in [6.07, 6.45) is 3.66. The van der Waals surface area contributed by atoms with Crippen molar-refractivity contribution >= 4 is 5.91 Å². The highest BCUT2D eigenvalue weighted by Crippen LogP contribution is 2.05. The van der Waals surface area contributed by atoms with Gasteiger partial charge in [0.15, 0.2) is 0 Å². The molecule has 0 aliphatic carbocycles. The predicted molar refractivity (Wildman–Crippen MR) is 52.3 cm³/mol. The fourth-order valence-corrected chi connectivity index (χ4v) is 1.48. The predicted octanol–water partition coefficient (Wildman–Crippen LogP) is -0.408. The molecule has 0 saturated carbocycles. The van der Waals surface area contributed by atoms with Crippen molar-refractivity contribution in [2.75, 3.05) is 13.1 Å². The smallest absolute Gasteiger partial charge is 0.236 e. The molecule has 0 bridgehead atoms. The number of amides is 1. The van der Waals surface area contributed by atoms with Crippen molar-refractivity contribution in [3.63, 3.8) is 0 Å². The van der Waals surface area contributed by atoms with E-state index in [-0.39, 0.29) is 5.91 Å². The maximum atomic E-state index is 11.1. The van der Waals surface area contributed by atoms with Gasteiger partial charge in [0.05, 0.1) is 6.04 Å². The van der Waals surface area contributed by atoms with Gasteiger partial charge in [0.1, 0.15) is 0 Å². The lowest BCUT2D eigenvalue weighted by molar-refractivity contribution is -0.122. The Morgan fingerprint density at radius 1 is 1.69 bits per heavy atom. The molecule has 0 radical (unpaired) electrons. The van der Waals surface area contributed by atoms with Crippen molar-refractivity contribution < 1.29 is 4.79 Å². The maximum absolute atomic E-state index is 11.1. The molecule has 13 heavy (non-hydrogen) atoms. The average molecular weight is 185 g/mol. The molecule has 1 fully saturated rings. The average Bonchev–Trinajstić information content (AvgIpc) is 2.15. The van der Waals surface area contributed by atoms with Gasteiger partial charge in [-0.2, -0.15) is 0 Å². The quantitative estimate of drug-likeness (QED) is 0.560. The maximum Gasteiger partial charge on any atom is 0.236 e. The van der Waals surface area contributed by atoms with Crippen molar-refractivity contribution in [3.05, 3.63) is 0 Å². The number of nitrogens with two attached hydrogens (primary N) is 1. The first-order valence-electron chi connectivity index (χ1n) is 4.97. The summed E-state index contributed by atoms with van der Waals surface area (Å²) in [6, 6.07) is 0.0417. The first-order valence-corrected chi connectivity index (χ1v) is 4.97. The van der Waals surface area contributed by atoms with Crippen LogP contribution in [0.2, 0.25) is 0 Å². The lowest BCUT2D eigenvalue weighted by Crippen LogP contribution is -2.47. The van der Waals surface area contributed by atoms with Crippen LogP contribution in [0, 0.1) is 0 Å². The van der Waals surface area contributed by atoms with Crippen molar-refractivity contribution in [2.24, 2.45) is 5.73 Å². The lowest BCUT2D eigenvalue weighted by atomic mass is 10.1. The highest BCUT2D eigenvalue weighted by molar-refractivity contribution is 5.80. The van der Waals surface area contributed by atoms with Crippen molar-refractivity contribution in [3.8, 4) is 0 Å². The number of carbonyl (C=O) groups is 1. The molecule has 2 atom stereocenters. The Morgan fingerprint density at radius 2 is 2.46 bits per heavy atom. The van der Waals surface area contributed by atoms with E-state index in [0.717, 1.165) is 13.0 Å². The van der Waals surface area contributed by atoms with Gasteiger partial charge < -0.3 is 16.4 Å². The van der Waals surface area contributed by atoms with Crippen LogP contribution in [0.4, 0.5) is 0 Å². The van der Waals surface area contributed by atoms with Crippen LogP contribution in [0.3, 0.4) is 0 Å².